The number of carbonyl (C=O) groups excluding carboxylic acids is 1. The van der Waals surface area contributed by atoms with Crippen molar-refractivity contribution in [1.29, 1.82) is 0 Å². The highest BCUT2D eigenvalue weighted by atomic mass is 35.5. The summed E-state index contributed by atoms with van der Waals surface area (Å²) in [5.41, 5.74) is -0.335. The maximum Gasteiger partial charge on any atom is 0.352 e. The van der Waals surface area contributed by atoms with Gasteiger partial charge >= 0.3 is 11.9 Å². The number of halogens is 2. The number of aryl methyl sites for hydroxylation is 1. The Morgan fingerprint density at radius 2 is 1.80 bits per heavy atom. The van der Waals surface area contributed by atoms with Crippen LogP contribution in [-0.2, 0) is 31.3 Å². The van der Waals surface area contributed by atoms with Crippen LogP contribution in [0.4, 0.5) is 5.69 Å². The van der Waals surface area contributed by atoms with Crippen LogP contribution in [0.25, 0.3) is 0 Å². The first-order chi connectivity index (χ1) is 21.0. The second-order valence-electron chi connectivity index (χ2n) is 10.4. The van der Waals surface area contributed by atoms with E-state index < -0.39 is 38.7 Å². The van der Waals surface area contributed by atoms with Crippen LogP contribution >= 0.6 is 23.2 Å². The van der Waals surface area contributed by atoms with Crippen LogP contribution < -0.4 is 10.6 Å². The number of anilines is 1. The quantitative estimate of drug-likeness (QED) is 0.311. The monoisotopic (exact) mass is 679 g/mol. The number of rotatable bonds is 7. The van der Waals surface area contributed by atoms with E-state index in [9.17, 15) is 32.7 Å². The van der Waals surface area contributed by atoms with Crippen LogP contribution in [-0.4, -0.2) is 76.0 Å². The van der Waals surface area contributed by atoms with Crippen LogP contribution in [0.1, 0.15) is 46.8 Å². The molecule has 5 rings (SSSR count). The van der Waals surface area contributed by atoms with Gasteiger partial charge in [-0.25, -0.2) is 23.0 Å². The lowest BCUT2D eigenvalue weighted by molar-refractivity contribution is -0.142. The summed E-state index contributed by atoms with van der Waals surface area (Å²) >= 11 is 11.8. The van der Waals surface area contributed by atoms with E-state index in [1.165, 1.54) is 55.2 Å². The summed E-state index contributed by atoms with van der Waals surface area (Å²) in [6, 6.07) is 7.28. The zero-order chi connectivity index (χ0) is 33.4. The van der Waals surface area contributed by atoms with Crippen LogP contribution in [0.5, 0.6) is 0 Å². The minimum atomic E-state index is -3.52. The minimum absolute atomic E-state index is 0.00623. The molecule has 3 aromatic rings. The Hall–Kier alpha value is -4.47. The van der Waals surface area contributed by atoms with E-state index in [2.05, 4.69) is 15.4 Å². The van der Waals surface area contributed by atoms with E-state index in [0.29, 0.717) is 34.9 Å². The number of nitrogens with zero attached hydrogens (tertiary/aromatic N) is 4. The molecule has 1 unspecified atom stereocenters. The fourth-order valence-corrected chi connectivity index (χ4v) is 6.22. The Labute approximate surface area is 266 Å². The number of hydrogen-bond donors (Lipinski definition) is 3. The molecule has 0 saturated heterocycles. The number of carbonyl (C=O) groups is 3. The Morgan fingerprint density at radius 1 is 1.11 bits per heavy atom. The van der Waals surface area contributed by atoms with Gasteiger partial charge in [0.2, 0.25) is 0 Å². The molecular formula is C28H27Cl2N5O9S. The van der Waals surface area contributed by atoms with Crippen molar-refractivity contribution in [3.63, 3.8) is 0 Å². The Morgan fingerprint density at radius 3 is 2.31 bits per heavy atom. The van der Waals surface area contributed by atoms with Crippen molar-refractivity contribution in [2.24, 2.45) is 17.3 Å². The summed E-state index contributed by atoms with van der Waals surface area (Å²) in [5.74, 6) is -2.92. The van der Waals surface area contributed by atoms with Gasteiger partial charge in [-0.3, -0.25) is 14.3 Å². The van der Waals surface area contributed by atoms with Crippen molar-refractivity contribution in [2.75, 3.05) is 17.9 Å². The number of aliphatic carboxylic acids is 2. The summed E-state index contributed by atoms with van der Waals surface area (Å²) < 4.78 is 25.5. The summed E-state index contributed by atoms with van der Waals surface area (Å²) in [6.45, 7) is 3.39. The third-order valence-electron chi connectivity index (χ3n) is 7.19. The molecule has 14 nitrogen and oxygen atoms in total. The highest BCUT2D eigenvalue weighted by Gasteiger charge is 2.48. The molecular weight excluding hydrogens is 653 g/mol. The van der Waals surface area contributed by atoms with E-state index in [1.54, 1.807) is 6.92 Å². The van der Waals surface area contributed by atoms with Crippen molar-refractivity contribution in [3.05, 3.63) is 79.2 Å². The molecule has 0 radical (unpaired) electrons. The van der Waals surface area contributed by atoms with Gasteiger partial charge in [-0.2, -0.15) is 5.10 Å². The lowest BCUT2D eigenvalue weighted by Gasteiger charge is -2.30. The average Bonchev–Trinajstić information content (AvgIpc) is 3.69. The lowest BCUT2D eigenvalue weighted by Crippen LogP contribution is -2.47. The molecule has 1 atom stereocenters. The molecule has 2 aromatic carbocycles. The van der Waals surface area contributed by atoms with E-state index in [-0.39, 0.29) is 38.9 Å². The van der Waals surface area contributed by atoms with Crippen molar-refractivity contribution in [3.8, 4) is 0 Å². The number of aromatic nitrogens is 2. The first-order valence-corrected chi connectivity index (χ1v) is 15.7. The zero-order valence-corrected chi connectivity index (χ0v) is 26.6. The second-order valence-corrected chi connectivity index (χ2v) is 13.2. The molecule has 0 fully saturated rings. The fourth-order valence-electron chi connectivity index (χ4n) is 4.78. The predicted octanol–water partition coefficient (Wildman–Crippen LogP) is 3.27. The summed E-state index contributed by atoms with van der Waals surface area (Å²) in [4.78, 5) is 52.4. The van der Waals surface area contributed by atoms with Crippen molar-refractivity contribution in [2.45, 2.75) is 37.1 Å². The van der Waals surface area contributed by atoms with E-state index >= 15 is 0 Å². The number of hydrogen-bond acceptors (Lipinski definition) is 10. The van der Waals surface area contributed by atoms with Gasteiger partial charge in [-0.1, -0.05) is 28.4 Å². The average molecular weight is 681 g/mol. The Bertz CT molecular complexity index is 1970. The van der Waals surface area contributed by atoms with Crippen LogP contribution in [0, 0.1) is 6.92 Å². The van der Waals surface area contributed by atoms with Gasteiger partial charge in [-0.15, -0.1) is 0 Å². The molecule has 45 heavy (non-hydrogen) atoms. The van der Waals surface area contributed by atoms with Crippen LogP contribution in [0.15, 0.2) is 56.5 Å². The van der Waals surface area contributed by atoms with Crippen LogP contribution in [0.3, 0.4) is 0 Å². The van der Waals surface area contributed by atoms with Crippen LogP contribution in [0.2, 0.25) is 10.0 Å². The number of carboxylic acids is 2. The summed E-state index contributed by atoms with van der Waals surface area (Å²) in [7, 11) is -2.02. The third kappa shape index (κ3) is 6.50. The zero-order valence-electron chi connectivity index (χ0n) is 24.3. The lowest BCUT2D eigenvalue weighted by atomic mass is 9.93. The molecule has 0 aliphatic carbocycles. The van der Waals surface area contributed by atoms with Gasteiger partial charge in [-0.05, 0) is 49.7 Å². The Balaban J connectivity index is 0.000000210. The SMILES string of the molecule is CC1(C(=O)O)CC(C(=O)O)=NN1c1ccc(Cl)cc1Cl.Cc1c(C(=O)c2c[nH]n(C)c2=O)ccc(S(C)(=O)=O)c1C1=NOCC1. The summed E-state index contributed by atoms with van der Waals surface area (Å²) in [5, 5.41) is 30.5. The smallest absolute Gasteiger partial charge is 0.352 e. The van der Waals surface area contributed by atoms with Gasteiger partial charge in [0.1, 0.15) is 17.9 Å². The fraction of sp³-hybridized carbons (Fsp3) is 0.286. The molecule has 0 spiro atoms. The Kier molecular flexibility index (Phi) is 9.28. The number of benzene rings is 2. The van der Waals surface area contributed by atoms with Gasteiger partial charge in [0.05, 0.1) is 21.3 Å². The summed E-state index contributed by atoms with van der Waals surface area (Å²) in [6.07, 6.45) is 2.67. The molecule has 0 saturated carbocycles. The standard InChI is InChI=1S/C16H17N3O5S.C12H10Cl2N2O4/c1-9-10(15(20)11-8-17-19(2)16(11)21)4-5-13(25(3,22)23)14(9)12-6-7-24-18-12;1-12(11(19)20)5-8(10(17)18)15-16(12)9-3-2-6(13)4-7(9)14/h4-5,8,17H,6-7H2,1-3H3;2-4H,5H2,1H3,(H,17,18)(H,19,20). The van der Waals surface area contributed by atoms with Gasteiger partial charge in [0, 0.05) is 48.5 Å². The number of ketones is 1. The first kappa shape index (κ1) is 33.4. The maximum atomic E-state index is 12.8. The largest absolute Gasteiger partial charge is 0.479 e. The number of nitrogens with one attached hydrogen (secondary N) is 1. The van der Waals surface area contributed by atoms with Gasteiger partial charge < -0.3 is 20.1 Å². The number of aromatic amines is 1. The highest BCUT2D eigenvalue weighted by molar-refractivity contribution is 7.90. The van der Waals surface area contributed by atoms with Crippen molar-refractivity contribution in [1.82, 2.24) is 9.78 Å². The topological polar surface area (TPSA) is 201 Å². The highest BCUT2D eigenvalue weighted by Crippen LogP contribution is 2.38. The van der Waals surface area contributed by atoms with E-state index in [0.717, 1.165) is 11.3 Å². The number of sulfone groups is 1. The predicted molar refractivity (Wildman–Crippen MR) is 166 cm³/mol. The van der Waals surface area contributed by atoms with E-state index in [4.69, 9.17) is 33.1 Å². The second kappa shape index (κ2) is 12.5. The normalized spacial score (nSPS) is 17.6. The van der Waals surface area contributed by atoms with Gasteiger partial charge in [0.15, 0.2) is 21.2 Å². The molecule has 0 bridgehead atoms. The minimum Gasteiger partial charge on any atom is -0.479 e. The molecule has 3 heterocycles. The number of oxime groups is 1. The van der Waals surface area contributed by atoms with Crippen molar-refractivity contribution < 1.29 is 37.9 Å². The molecule has 238 valence electrons. The molecule has 0 amide bonds. The maximum absolute atomic E-state index is 12.8. The third-order valence-corrected chi connectivity index (χ3v) is 8.87. The van der Waals surface area contributed by atoms with Crippen molar-refractivity contribution >= 4 is 67.9 Å². The molecule has 1 aromatic heterocycles. The van der Waals surface area contributed by atoms with Gasteiger partial charge in [0.25, 0.3) is 5.56 Å². The number of carboxylic acid groups (broad SMARTS) is 2. The number of H-pyrrole nitrogens is 1. The molecule has 2 aliphatic rings. The molecule has 17 heteroatoms. The number of hydrazone groups is 1. The molecule has 3 N–H and O–H groups in total. The first-order valence-electron chi connectivity index (χ1n) is 13.1. The van der Waals surface area contributed by atoms with E-state index in [1.807, 2.05) is 0 Å². The molecule has 2 aliphatic heterocycles.